The molecule has 0 unspecified atom stereocenters. The third kappa shape index (κ3) is 2.90. The van der Waals surface area contributed by atoms with Crippen LogP contribution >= 0.6 is 11.6 Å². The third-order valence-electron chi connectivity index (χ3n) is 4.27. The fourth-order valence-corrected chi connectivity index (χ4v) is 3.03. The number of aromatic amines is 1. The minimum atomic E-state index is -0.645. The van der Waals surface area contributed by atoms with Crippen LogP contribution < -0.4 is 16.0 Å². The SMILES string of the molecule is Cc1cc(Cl)ccc1OC(=O)c1cnc2c(c1)c(=O)[nH]c(=O)n2C1CC1. The lowest BCUT2D eigenvalue weighted by molar-refractivity contribution is 0.0733. The topological polar surface area (TPSA) is 94.1 Å². The second-order valence-electron chi connectivity index (χ2n) is 6.25. The third-order valence-corrected chi connectivity index (χ3v) is 4.50. The van der Waals surface area contributed by atoms with Crippen LogP contribution in [0.3, 0.4) is 0 Å². The van der Waals surface area contributed by atoms with Gasteiger partial charge in [-0.2, -0.15) is 0 Å². The molecule has 0 radical (unpaired) electrons. The molecule has 0 spiro atoms. The number of carbonyl (C=O) groups is 1. The molecule has 4 rings (SSSR count). The molecule has 8 heteroatoms. The second kappa shape index (κ2) is 6.10. The normalized spacial score (nSPS) is 13.8. The zero-order valence-corrected chi connectivity index (χ0v) is 14.5. The molecule has 2 heterocycles. The van der Waals surface area contributed by atoms with E-state index in [0.29, 0.717) is 16.3 Å². The van der Waals surface area contributed by atoms with Crippen LogP contribution in [0.2, 0.25) is 5.02 Å². The van der Waals surface area contributed by atoms with Gasteiger partial charge in [0, 0.05) is 17.3 Å². The number of hydrogen-bond acceptors (Lipinski definition) is 5. The number of ether oxygens (including phenoxy) is 1. The van der Waals surface area contributed by atoms with Crippen molar-refractivity contribution >= 4 is 28.6 Å². The van der Waals surface area contributed by atoms with Gasteiger partial charge < -0.3 is 4.74 Å². The lowest BCUT2D eigenvalue weighted by Gasteiger charge is -2.09. The van der Waals surface area contributed by atoms with E-state index in [2.05, 4.69) is 9.97 Å². The van der Waals surface area contributed by atoms with E-state index in [1.54, 1.807) is 25.1 Å². The highest BCUT2D eigenvalue weighted by molar-refractivity contribution is 6.30. The van der Waals surface area contributed by atoms with E-state index >= 15 is 0 Å². The first-order chi connectivity index (χ1) is 12.4. The van der Waals surface area contributed by atoms with Gasteiger partial charge in [-0.25, -0.2) is 14.6 Å². The molecule has 1 fully saturated rings. The molecule has 2 aromatic heterocycles. The predicted octanol–water partition coefficient (Wildman–Crippen LogP) is 2.60. The van der Waals surface area contributed by atoms with Crippen molar-refractivity contribution in [1.29, 1.82) is 0 Å². The van der Waals surface area contributed by atoms with Gasteiger partial charge in [-0.05, 0) is 49.6 Å². The van der Waals surface area contributed by atoms with Gasteiger partial charge in [-0.3, -0.25) is 14.3 Å². The first-order valence-corrected chi connectivity index (χ1v) is 8.45. The van der Waals surface area contributed by atoms with Gasteiger partial charge in [0.25, 0.3) is 5.56 Å². The van der Waals surface area contributed by atoms with E-state index in [1.807, 2.05) is 0 Å². The van der Waals surface area contributed by atoms with Gasteiger partial charge in [0.15, 0.2) is 0 Å². The average Bonchev–Trinajstić information content (AvgIpc) is 3.42. The lowest BCUT2D eigenvalue weighted by atomic mass is 10.2. The number of nitrogens with zero attached hydrogens (tertiary/aromatic N) is 2. The Morgan fingerprint density at radius 3 is 2.77 bits per heavy atom. The standard InChI is InChI=1S/C18H14ClN3O4/c1-9-6-11(19)2-5-14(9)26-17(24)10-7-13-15(20-8-10)22(12-3-4-12)18(25)21-16(13)23/h2,5-8,12H,3-4H2,1H3,(H,21,23,25). The van der Waals surface area contributed by atoms with Crippen molar-refractivity contribution in [2.75, 3.05) is 0 Å². The number of nitrogens with one attached hydrogen (secondary N) is 1. The second-order valence-corrected chi connectivity index (χ2v) is 6.69. The molecular formula is C18H14ClN3O4. The van der Waals surface area contributed by atoms with E-state index in [0.717, 1.165) is 12.8 Å². The van der Waals surface area contributed by atoms with Gasteiger partial charge in [-0.15, -0.1) is 0 Å². The van der Waals surface area contributed by atoms with Crippen LogP contribution in [0.5, 0.6) is 5.75 Å². The molecule has 0 saturated heterocycles. The van der Waals surface area contributed by atoms with Crippen molar-refractivity contribution in [2.24, 2.45) is 0 Å². The summed E-state index contributed by atoms with van der Waals surface area (Å²) in [5, 5.41) is 0.720. The van der Waals surface area contributed by atoms with Crippen LogP contribution in [-0.2, 0) is 0 Å². The Balaban J connectivity index is 1.74. The minimum Gasteiger partial charge on any atom is -0.423 e. The monoisotopic (exact) mass is 371 g/mol. The minimum absolute atomic E-state index is 0.0452. The summed E-state index contributed by atoms with van der Waals surface area (Å²) in [6, 6.07) is 6.34. The van der Waals surface area contributed by atoms with E-state index < -0.39 is 17.2 Å². The van der Waals surface area contributed by atoms with Gasteiger partial charge in [0.2, 0.25) is 0 Å². The lowest BCUT2D eigenvalue weighted by Crippen LogP contribution is -2.30. The zero-order chi connectivity index (χ0) is 18.4. The molecule has 1 aromatic carbocycles. The molecule has 1 aliphatic carbocycles. The first kappa shape index (κ1) is 16.5. The first-order valence-electron chi connectivity index (χ1n) is 8.07. The van der Waals surface area contributed by atoms with Crippen molar-refractivity contribution in [3.63, 3.8) is 0 Å². The maximum absolute atomic E-state index is 12.4. The Kier molecular flexibility index (Phi) is 3.88. The Labute approximate surface area is 152 Å². The van der Waals surface area contributed by atoms with Crippen LogP contribution in [-0.4, -0.2) is 20.5 Å². The highest BCUT2D eigenvalue weighted by Gasteiger charge is 2.28. The molecule has 1 saturated carbocycles. The summed E-state index contributed by atoms with van der Waals surface area (Å²) in [6.07, 6.45) is 3.04. The largest absolute Gasteiger partial charge is 0.423 e. The number of carbonyl (C=O) groups excluding carboxylic acids is 1. The number of hydrogen-bond donors (Lipinski definition) is 1. The summed E-state index contributed by atoms with van der Waals surface area (Å²) >= 11 is 5.89. The molecule has 0 amide bonds. The van der Waals surface area contributed by atoms with E-state index in [-0.39, 0.29) is 22.6 Å². The number of H-pyrrole nitrogens is 1. The quantitative estimate of drug-likeness (QED) is 0.564. The molecule has 1 N–H and O–H groups in total. The highest BCUT2D eigenvalue weighted by Crippen LogP contribution is 2.34. The van der Waals surface area contributed by atoms with Crippen LogP contribution in [0.4, 0.5) is 0 Å². The van der Waals surface area contributed by atoms with E-state index in [1.165, 1.54) is 16.8 Å². The molecule has 0 aliphatic heterocycles. The van der Waals surface area contributed by atoms with Crippen LogP contribution in [0.15, 0.2) is 40.1 Å². The van der Waals surface area contributed by atoms with Gasteiger partial charge in [0.05, 0.1) is 10.9 Å². The highest BCUT2D eigenvalue weighted by atomic mass is 35.5. The van der Waals surface area contributed by atoms with E-state index in [4.69, 9.17) is 16.3 Å². The maximum Gasteiger partial charge on any atom is 0.345 e. The molecule has 1 aliphatic rings. The predicted molar refractivity (Wildman–Crippen MR) is 96.0 cm³/mol. The Morgan fingerprint density at radius 1 is 1.31 bits per heavy atom. The maximum atomic E-state index is 12.4. The van der Waals surface area contributed by atoms with Crippen molar-refractivity contribution in [3.8, 4) is 5.75 Å². The number of rotatable bonds is 3. The number of halogens is 1. The fraction of sp³-hybridized carbons (Fsp3) is 0.222. The molecule has 26 heavy (non-hydrogen) atoms. The van der Waals surface area contributed by atoms with Crippen molar-refractivity contribution in [1.82, 2.24) is 14.5 Å². The molecule has 0 bridgehead atoms. The van der Waals surface area contributed by atoms with Gasteiger partial charge in [-0.1, -0.05) is 11.6 Å². The average molecular weight is 372 g/mol. The van der Waals surface area contributed by atoms with Crippen molar-refractivity contribution in [3.05, 3.63) is 67.4 Å². The molecule has 0 atom stereocenters. The summed E-state index contributed by atoms with van der Waals surface area (Å²) in [5.74, 6) is -0.273. The Morgan fingerprint density at radius 2 is 2.08 bits per heavy atom. The van der Waals surface area contributed by atoms with Gasteiger partial charge in [0.1, 0.15) is 11.4 Å². The number of aryl methyl sites for hydroxylation is 1. The van der Waals surface area contributed by atoms with Crippen LogP contribution in [0.1, 0.15) is 34.8 Å². The van der Waals surface area contributed by atoms with Crippen LogP contribution in [0.25, 0.3) is 11.0 Å². The molecular weight excluding hydrogens is 358 g/mol. The fourth-order valence-electron chi connectivity index (χ4n) is 2.81. The number of pyridine rings is 1. The number of benzene rings is 1. The number of aromatic nitrogens is 3. The summed E-state index contributed by atoms with van der Waals surface area (Å²) in [5.41, 5.74) is 0.0511. The summed E-state index contributed by atoms with van der Waals surface area (Å²) in [4.78, 5) is 43.1. The van der Waals surface area contributed by atoms with Gasteiger partial charge >= 0.3 is 11.7 Å². The van der Waals surface area contributed by atoms with Crippen molar-refractivity contribution in [2.45, 2.75) is 25.8 Å². The Hall–Kier alpha value is -2.93. The molecule has 7 nitrogen and oxygen atoms in total. The Bertz CT molecular complexity index is 1160. The zero-order valence-electron chi connectivity index (χ0n) is 13.8. The summed E-state index contributed by atoms with van der Waals surface area (Å²) < 4.78 is 6.84. The number of fused-ring (bicyclic) bond motifs is 1. The molecule has 3 aromatic rings. The van der Waals surface area contributed by atoms with E-state index in [9.17, 15) is 14.4 Å². The molecule has 132 valence electrons. The summed E-state index contributed by atoms with van der Waals surface area (Å²) in [7, 11) is 0. The number of esters is 1. The van der Waals surface area contributed by atoms with Crippen LogP contribution in [0, 0.1) is 6.92 Å². The summed E-state index contributed by atoms with van der Waals surface area (Å²) in [6.45, 7) is 1.77. The smallest absolute Gasteiger partial charge is 0.345 e. The van der Waals surface area contributed by atoms with Crippen molar-refractivity contribution < 1.29 is 9.53 Å².